The fourth-order valence-electron chi connectivity index (χ4n) is 2.61. The molecule has 2 rings (SSSR count). The molecule has 0 saturated heterocycles. The van der Waals surface area contributed by atoms with Gasteiger partial charge in [0, 0.05) is 31.0 Å². The van der Waals surface area contributed by atoms with Gasteiger partial charge < -0.3 is 14.8 Å². The van der Waals surface area contributed by atoms with Crippen molar-refractivity contribution in [1.82, 2.24) is 5.32 Å². The van der Waals surface area contributed by atoms with Crippen LogP contribution in [0.2, 0.25) is 0 Å². The summed E-state index contributed by atoms with van der Waals surface area (Å²) in [4.78, 5) is 12.3. The lowest BCUT2D eigenvalue weighted by atomic mass is 10.2. The maximum atomic E-state index is 12.6. The fraction of sp³-hybridized carbons (Fsp3) is 0.409. The van der Waals surface area contributed by atoms with Gasteiger partial charge in [-0.05, 0) is 68.3 Å². The molecule has 8 heteroatoms. The molecule has 0 aromatic heterocycles. The van der Waals surface area contributed by atoms with Crippen molar-refractivity contribution in [3.05, 3.63) is 54.1 Å². The molecule has 0 aliphatic heterocycles. The van der Waals surface area contributed by atoms with Gasteiger partial charge in [0.2, 0.25) is 0 Å². The largest absolute Gasteiger partial charge is 0.494 e. The van der Waals surface area contributed by atoms with Crippen molar-refractivity contribution in [1.29, 1.82) is 0 Å². The Kier molecular flexibility index (Phi) is 9.63. The molecule has 0 aliphatic rings. The van der Waals surface area contributed by atoms with Crippen LogP contribution in [0.3, 0.4) is 0 Å². The van der Waals surface area contributed by atoms with Crippen LogP contribution in [0.25, 0.3) is 0 Å². The minimum atomic E-state index is -3.75. The van der Waals surface area contributed by atoms with Crippen LogP contribution in [0, 0.1) is 0 Å². The third-order valence-electron chi connectivity index (χ3n) is 4.24. The standard InChI is InChI=1S/C22H30N2O5S/c1-3-5-16-28-17-6-15-23-22(25)18-7-13-21(14-8-18)30(26,27)24-19-9-11-20(12-10-19)29-4-2/h7-14,24H,3-6,15-17H2,1-2H3,(H,23,25). The first-order valence-corrected chi connectivity index (χ1v) is 11.7. The predicted molar refractivity (Wildman–Crippen MR) is 118 cm³/mol. The summed E-state index contributed by atoms with van der Waals surface area (Å²) in [6, 6.07) is 12.5. The van der Waals surface area contributed by atoms with Gasteiger partial charge in [0.05, 0.1) is 11.5 Å². The van der Waals surface area contributed by atoms with E-state index in [1.165, 1.54) is 24.3 Å². The molecular weight excluding hydrogens is 404 g/mol. The Morgan fingerprint density at radius 3 is 2.23 bits per heavy atom. The van der Waals surface area contributed by atoms with Crippen LogP contribution in [0.4, 0.5) is 5.69 Å². The van der Waals surface area contributed by atoms with E-state index in [1.807, 2.05) is 6.92 Å². The summed E-state index contributed by atoms with van der Waals surface area (Å²) in [5.74, 6) is 0.426. The summed E-state index contributed by atoms with van der Waals surface area (Å²) in [6.45, 7) is 6.38. The van der Waals surface area contributed by atoms with Crippen molar-refractivity contribution in [2.45, 2.75) is 38.0 Å². The van der Waals surface area contributed by atoms with Gasteiger partial charge in [-0.1, -0.05) is 13.3 Å². The number of hydrogen-bond acceptors (Lipinski definition) is 5. The number of carbonyl (C=O) groups is 1. The molecule has 0 spiro atoms. The van der Waals surface area contributed by atoms with Crippen molar-refractivity contribution in [3.8, 4) is 5.75 Å². The molecule has 7 nitrogen and oxygen atoms in total. The average molecular weight is 435 g/mol. The van der Waals surface area contributed by atoms with Crippen LogP contribution in [-0.4, -0.2) is 40.7 Å². The normalized spacial score (nSPS) is 11.1. The Morgan fingerprint density at radius 1 is 0.933 bits per heavy atom. The smallest absolute Gasteiger partial charge is 0.261 e. The number of hydrogen-bond donors (Lipinski definition) is 2. The molecule has 0 atom stereocenters. The van der Waals surface area contributed by atoms with Crippen LogP contribution in [0.1, 0.15) is 43.5 Å². The van der Waals surface area contributed by atoms with Crippen LogP contribution in [0.5, 0.6) is 5.75 Å². The quantitative estimate of drug-likeness (QED) is 0.468. The van der Waals surface area contributed by atoms with Gasteiger partial charge in [-0.3, -0.25) is 9.52 Å². The highest BCUT2D eigenvalue weighted by Gasteiger charge is 2.15. The molecule has 30 heavy (non-hydrogen) atoms. The number of unbranched alkanes of at least 4 members (excludes halogenated alkanes) is 1. The molecule has 1 amide bonds. The monoisotopic (exact) mass is 434 g/mol. The zero-order valence-corrected chi connectivity index (χ0v) is 18.3. The number of anilines is 1. The van der Waals surface area contributed by atoms with Crippen molar-refractivity contribution in [2.75, 3.05) is 31.1 Å². The molecule has 0 aliphatic carbocycles. The first-order valence-electron chi connectivity index (χ1n) is 10.2. The molecule has 2 aromatic rings. The third kappa shape index (κ3) is 7.68. The van der Waals surface area contributed by atoms with E-state index in [0.29, 0.717) is 36.8 Å². The van der Waals surface area contributed by atoms with Gasteiger partial charge in [-0.2, -0.15) is 0 Å². The van der Waals surface area contributed by atoms with Crippen LogP contribution >= 0.6 is 0 Å². The summed E-state index contributed by atoms with van der Waals surface area (Å²) in [6.07, 6.45) is 2.86. The molecule has 0 bridgehead atoms. The Labute approximate surface area is 178 Å². The topological polar surface area (TPSA) is 93.7 Å². The summed E-state index contributed by atoms with van der Waals surface area (Å²) in [7, 11) is -3.75. The number of sulfonamides is 1. The number of ether oxygens (including phenoxy) is 2. The van der Waals surface area contributed by atoms with E-state index in [1.54, 1.807) is 24.3 Å². The van der Waals surface area contributed by atoms with E-state index >= 15 is 0 Å². The Bertz CT molecular complexity index is 881. The lowest BCUT2D eigenvalue weighted by molar-refractivity contribution is 0.0940. The van der Waals surface area contributed by atoms with E-state index in [9.17, 15) is 13.2 Å². The minimum Gasteiger partial charge on any atom is -0.494 e. The lowest BCUT2D eigenvalue weighted by Crippen LogP contribution is -2.25. The zero-order valence-electron chi connectivity index (χ0n) is 17.5. The van der Waals surface area contributed by atoms with E-state index in [4.69, 9.17) is 9.47 Å². The van der Waals surface area contributed by atoms with E-state index in [2.05, 4.69) is 17.0 Å². The third-order valence-corrected chi connectivity index (χ3v) is 5.63. The van der Waals surface area contributed by atoms with Crippen LogP contribution < -0.4 is 14.8 Å². The van der Waals surface area contributed by atoms with E-state index in [0.717, 1.165) is 25.9 Å². The summed E-state index contributed by atoms with van der Waals surface area (Å²) in [5.41, 5.74) is 0.836. The predicted octanol–water partition coefficient (Wildman–Crippen LogP) is 3.82. The maximum Gasteiger partial charge on any atom is 0.261 e. The first kappa shape index (κ1) is 23.7. The number of carbonyl (C=O) groups excluding carboxylic acids is 1. The molecule has 0 radical (unpaired) electrons. The van der Waals surface area contributed by atoms with Gasteiger partial charge in [-0.25, -0.2) is 8.42 Å². The molecule has 0 heterocycles. The second kappa shape index (κ2) is 12.2. The molecular formula is C22H30N2O5S. The molecule has 0 fully saturated rings. The molecule has 164 valence electrons. The van der Waals surface area contributed by atoms with Gasteiger partial charge in [0.1, 0.15) is 5.75 Å². The van der Waals surface area contributed by atoms with E-state index in [-0.39, 0.29) is 10.8 Å². The van der Waals surface area contributed by atoms with Crippen LogP contribution in [0.15, 0.2) is 53.4 Å². The van der Waals surface area contributed by atoms with Gasteiger partial charge in [-0.15, -0.1) is 0 Å². The summed E-state index contributed by atoms with van der Waals surface area (Å²) < 4.78 is 38.4. The summed E-state index contributed by atoms with van der Waals surface area (Å²) >= 11 is 0. The number of nitrogens with one attached hydrogen (secondary N) is 2. The van der Waals surface area contributed by atoms with Gasteiger partial charge in [0.15, 0.2) is 0 Å². The molecule has 2 N–H and O–H groups in total. The number of benzene rings is 2. The number of amides is 1. The van der Waals surface area contributed by atoms with Gasteiger partial charge in [0.25, 0.3) is 15.9 Å². The van der Waals surface area contributed by atoms with Crippen molar-refractivity contribution >= 4 is 21.6 Å². The molecule has 2 aromatic carbocycles. The highest BCUT2D eigenvalue weighted by Crippen LogP contribution is 2.20. The highest BCUT2D eigenvalue weighted by atomic mass is 32.2. The second-order valence-electron chi connectivity index (χ2n) is 6.66. The van der Waals surface area contributed by atoms with Crippen molar-refractivity contribution in [2.24, 2.45) is 0 Å². The highest BCUT2D eigenvalue weighted by molar-refractivity contribution is 7.92. The van der Waals surface area contributed by atoms with Gasteiger partial charge >= 0.3 is 0 Å². The first-order chi connectivity index (χ1) is 14.5. The fourth-order valence-corrected chi connectivity index (χ4v) is 3.67. The number of rotatable bonds is 13. The average Bonchev–Trinajstić information content (AvgIpc) is 2.74. The zero-order chi connectivity index (χ0) is 21.8. The SMILES string of the molecule is CCCCOCCCNC(=O)c1ccc(S(=O)(=O)Nc2ccc(OCC)cc2)cc1. The molecule has 0 unspecified atom stereocenters. The van der Waals surface area contributed by atoms with E-state index < -0.39 is 10.0 Å². The minimum absolute atomic E-state index is 0.0808. The molecule has 0 saturated carbocycles. The second-order valence-corrected chi connectivity index (χ2v) is 8.35. The van der Waals surface area contributed by atoms with Crippen molar-refractivity contribution < 1.29 is 22.7 Å². The van der Waals surface area contributed by atoms with Crippen LogP contribution in [-0.2, 0) is 14.8 Å². The Balaban J connectivity index is 1.86. The van der Waals surface area contributed by atoms with Crippen molar-refractivity contribution in [3.63, 3.8) is 0 Å². The maximum absolute atomic E-state index is 12.6. The summed E-state index contributed by atoms with van der Waals surface area (Å²) in [5, 5.41) is 2.81. The lowest BCUT2D eigenvalue weighted by Gasteiger charge is -2.10. The Morgan fingerprint density at radius 2 is 1.60 bits per heavy atom. The Hall–Kier alpha value is -2.58.